The first kappa shape index (κ1) is 14.0. The van der Waals surface area contributed by atoms with Crippen molar-refractivity contribution in [2.75, 3.05) is 19.6 Å². The summed E-state index contributed by atoms with van der Waals surface area (Å²) in [5.74, 6) is -0.187. The van der Waals surface area contributed by atoms with Crippen LogP contribution in [0.3, 0.4) is 0 Å². The molecule has 0 spiro atoms. The SMILES string of the molecule is CC(CN1CCCC1)NCc1cc(F)cc(Br)c1. The molecule has 2 nitrogen and oxygen atoms in total. The molecule has 1 aromatic rings. The highest BCUT2D eigenvalue weighted by Crippen LogP contribution is 2.15. The Balaban J connectivity index is 1.79. The Morgan fingerprint density at radius 3 is 2.72 bits per heavy atom. The van der Waals surface area contributed by atoms with Crippen LogP contribution in [0.15, 0.2) is 22.7 Å². The number of halogens is 2. The summed E-state index contributed by atoms with van der Waals surface area (Å²) in [7, 11) is 0. The van der Waals surface area contributed by atoms with Crippen molar-refractivity contribution in [3.8, 4) is 0 Å². The number of hydrogen-bond donors (Lipinski definition) is 1. The first-order chi connectivity index (χ1) is 8.63. The van der Waals surface area contributed by atoms with Crippen molar-refractivity contribution in [1.29, 1.82) is 0 Å². The highest BCUT2D eigenvalue weighted by Gasteiger charge is 2.14. The topological polar surface area (TPSA) is 15.3 Å². The molecule has 1 aliphatic heterocycles. The fourth-order valence-corrected chi connectivity index (χ4v) is 2.93. The first-order valence-electron chi connectivity index (χ1n) is 6.54. The van der Waals surface area contributed by atoms with Gasteiger partial charge in [-0.25, -0.2) is 4.39 Å². The monoisotopic (exact) mass is 314 g/mol. The summed E-state index contributed by atoms with van der Waals surface area (Å²) in [5, 5.41) is 3.45. The molecule has 18 heavy (non-hydrogen) atoms. The van der Waals surface area contributed by atoms with Gasteiger partial charge in [-0.05, 0) is 56.6 Å². The Kier molecular flexibility index (Phi) is 5.15. The summed E-state index contributed by atoms with van der Waals surface area (Å²) in [6.07, 6.45) is 2.65. The lowest BCUT2D eigenvalue weighted by Gasteiger charge is -2.21. The minimum atomic E-state index is -0.187. The number of benzene rings is 1. The van der Waals surface area contributed by atoms with E-state index in [1.54, 1.807) is 6.07 Å². The third-order valence-electron chi connectivity index (χ3n) is 3.31. The number of rotatable bonds is 5. The molecule has 1 aromatic carbocycles. The van der Waals surface area contributed by atoms with E-state index in [2.05, 4.69) is 33.1 Å². The van der Waals surface area contributed by atoms with Crippen LogP contribution >= 0.6 is 15.9 Å². The highest BCUT2D eigenvalue weighted by atomic mass is 79.9. The Labute approximate surface area is 117 Å². The third kappa shape index (κ3) is 4.34. The quantitative estimate of drug-likeness (QED) is 0.898. The molecule has 0 amide bonds. The molecule has 1 N–H and O–H groups in total. The summed E-state index contributed by atoms with van der Waals surface area (Å²) in [5.41, 5.74) is 0.982. The van der Waals surface area contributed by atoms with E-state index in [1.165, 1.54) is 32.0 Å². The van der Waals surface area contributed by atoms with Crippen molar-refractivity contribution in [3.05, 3.63) is 34.1 Å². The first-order valence-corrected chi connectivity index (χ1v) is 7.33. The normalized spacial score (nSPS) is 18.2. The van der Waals surface area contributed by atoms with Crippen LogP contribution in [0, 0.1) is 5.82 Å². The van der Waals surface area contributed by atoms with Gasteiger partial charge in [0.25, 0.3) is 0 Å². The standard InChI is InChI=1S/C14H20BrFN2/c1-11(10-18-4-2-3-5-18)17-9-12-6-13(15)8-14(16)7-12/h6-8,11,17H,2-5,9-10H2,1H3. The van der Waals surface area contributed by atoms with Gasteiger partial charge in [0, 0.05) is 23.6 Å². The third-order valence-corrected chi connectivity index (χ3v) is 3.77. The average molecular weight is 315 g/mol. The minimum Gasteiger partial charge on any atom is -0.309 e. The minimum absolute atomic E-state index is 0.187. The predicted molar refractivity (Wildman–Crippen MR) is 76.1 cm³/mol. The molecule has 0 aromatic heterocycles. The fraction of sp³-hybridized carbons (Fsp3) is 0.571. The zero-order chi connectivity index (χ0) is 13.0. The van der Waals surface area contributed by atoms with Crippen LogP contribution in [0.1, 0.15) is 25.3 Å². The van der Waals surface area contributed by atoms with Gasteiger partial charge in [-0.15, -0.1) is 0 Å². The summed E-state index contributed by atoms with van der Waals surface area (Å²) >= 11 is 3.31. The smallest absolute Gasteiger partial charge is 0.124 e. The molecule has 100 valence electrons. The van der Waals surface area contributed by atoms with Gasteiger partial charge in [0.2, 0.25) is 0 Å². The Morgan fingerprint density at radius 1 is 1.33 bits per heavy atom. The molecule has 4 heteroatoms. The molecular formula is C14H20BrFN2. The van der Waals surface area contributed by atoms with E-state index in [4.69, 9.17) is 0 Å². The van der Waals surface area contributed by atoms with Gasteiger partial charge in [0.1, 0.15) is 5.82 Å². The molecule has 0 radical (unpaired) electrons. The van der Waals surface area contributed by atoms with Crippen LogP contribution in [-0.4, -0.2) is 30.6 Å². The molecule has 1 fully saturated rings. The second-order valence-corrected chi connectivity index (χ2v) is 5.98. The molecule has 0 aliphatic carbocycles. The van der Waals surface area contributed by atoms with Gasteiger partial charge < -0.3 is 10.2 Å². The van der Waals surface area contributed by atoms with Crippen molar-refractivity contribution in [2.45, 2.75) is 32.4 Å². The molecular weight excluding hydrogens is 295 g/mol. The van der Waals surface area contributed by atoms with E-state index in [0.29, 0.717) is 12.6 Å². The average Bonchev–Trinajstić information content (AvgIpc) is 2.78. The van der Waals surface area contributed by atoms with E-state index in [-0.39, 0.29) is 5.82 Å². The lowest BCUT2D eigenvalue weighted by Crippen LogP contribution is -2.37. The molecule has 0 saturated carbocycles. The number of nitrogens with one attached hydrogen (secondary N) is 1. The van der Waals surface area contributed by atoms with Crippen molar-refractivity contribution in [2.24, 2.45) is 0 Å². The van der Waals surface area contributed by atoms with Crippen molar-refractivity contribution >= 4 is 15.9 Å². The van der Waals surface area contributed by atoms with Gasteiger partial charge >= 0.3 is 0 Å². The van der Waals surface area contributed by atoms with Crippen LogP contribution in [0.25, 0.3) is 0 Å². The van der Waals surface area contributed by atoms with Crippen LogP contribution < -0.4 is 5.32 Å². The molecule has 1 saturated heterocycles. The van der Waals surface area contributed by atoms with Gasteiger partial charge in [-0.1, -0.05) is 15.9 Å². The van der Waals surface area contributed by atoms with Gasteiger partial charge in [-0.3, -0.25) is 0 Å². The largest absolute Gasteiger partial charge is 0.309 e. The van der Waals surface area contributed by atoms with Gasteiger partial charge in [0.05, 0.1) is 0 Å². The number of likely N-dealkylation sites (tertiary alicyclic amines) is 1. The summed E-state index contributed by atoms with van der Waals surface area (Å²) in [6, 6.07) is 5.46. The molecule has 1 unspecified atom stereocenters. The number of hydrogen-bond acceptors (Lipinski definition) is 2. The molecule has 1 atom stereocenters. The van der Waals surface area contributed by atoms with Crippen LogP contribution in [0.4, 0.5) is 4.39 Å². The van der Waals surface area contributed by atoms with Gasteiger partial charge in [0.15, 0.2) is 0 Å². The van der Waals surface area contributed by atoms with Crippen LogP contribution in [-0.2, 0) is 6.54 Å². The van der Waals surface area contributed by atoms with Gasteiger partial charge in [-0.2, -0.15) is 0 Å². The maximum Gasteiger partial charge on any atom is 0.124 e. The summed E-state index contributed by atoms with van der Waals surface area (Å²) in [6.45, 7) is 6.42. The Morgan fingerprint density at radius 2 is 2.06 bits per heavy atom. The second kappa shape index (κ2) is 6.64. The van der Waals surface area contributed by atoms with E-state index < -0.39 is 0 Å². The lowest BCUT2D eigenvalue weighted by atomic mass is 10.2. The van der Waals surface area contributed by atoms with E-state index in [1.807, 2.05) is 6.07 Å². The van der Waals surface area contributed by atoms with Crippen molar-refractivity contribution < 1.29 is 4.39 Å². The summed E-state index contributed by atoms with van der Waals surface area (Å²) < 4.78 is 14.0. The number of nitrogens with zero attached hydrogens (tertiary/aromatic N) is 1. The Bertz CT molecular complexity index is 371. The zero-order valence-corrected chi connectivity index (χ0v) is 12.3. The fourth-order valence-electron chi connectivity index (χ4n) is 2.42. The van der Waals surface area contributed by atoms with Crippen LogP contribution in [0.5, 0.6) is 0 Å². The van der Waals surface area contributed by atoms with E-state index in [0.717, 1.165) is 16.6 Å². The molecule has 0 bridgehead atoms. The second-order valence-electron chi connectivity index (χ2n) is 5.07. The molecule has 1 heterocycles. The van der Waals surface area contributed by atoms with Crippen LogP contribution in [0.2, 0.25) is 0 Å². The predicted octanol–water partition coefficient (Wildman–Crippen LogP) is 3.16. The summed E-state index contributed by atoms with van der Waals surface area (Å²) in [4.78, 5) is 2.49. The van der Waals surface area contributed by atoms with Crippen molar-refractivity contribution in [3.63, 3.8) is 0 Å². The van der Waals surface area contributed by atoms with E-state index in [9.17, 15) is 4.39 Å². The Hall–Kier alpha value is -0.450. The highest BCUT2D eigenvalue weighted by molar-refractivity contribution is 9.10. The van der Waals surface area contributed by atoms with E-state index >= 15 is 0 Å². The maximum atomic E-state index is 13.2. The maximum absolute atomic E-state index is 13.2. The zero-order valence-electron chi connectivity index (χ0n) is 10.8. The van der Waals surface area contributed by atoms with Crippen molar-refractivity contribution in [1.82, 2.24) is 10.2 Å². The molecule has 2 rings (SSSR count). The molecule has 1 aliphatic rings. The lowest BCUT2D eigenvalue weighted by molar-refractivity contribution is 0.298.